The summed E-state index contributed by atoms with van der Waals surface area (Å²) in [4.78, 5) is 10.3. The van der Waals surface area contributed by atoms with Gasteiger partial charge in [0.05, 0.1) is 11.3 Å². The Labute approximate surface area is 99.3 Å². The maximum atomic E-state index is 10.3. The molecule has 0 radical (unpaired) electrons. The van der Waals surface area contributed by atoms with Crippen molar-refractivity contribution in [3.05, 3.63) is 47.3 Å². The first kappa shape index (κ1) is 12.8. The second-order valence-corrected chi connectivity index (χ2v) is 3.62. The van der Waals surface area contributed by atoms with Gasteiger partial charge in [0.15, 0.2) is 0 Å². The fraction of sp³-hybridized carbons (Fsp3) is 0.167. The second-order valence-electron chi connectivity index (χ2n) is 3.62. The van der Waals surface area contributed by atoms with Crippen molar-refractivity contribution in [3.63, 3.8) is 0 Å². The number of hydrogen-bond donors (Lipinski definition) is 3. The highest BCUT2D eigenvalue weighted by Gasteiger charge is 1.98. The normalized spacial score (nSPS) is 9.29. The number of H-pyrrole nitrogens is 1. The predicted octanol–water partition coefficient (Wildman–Crippen LogP) is 1.99. The number of aromatic amines is 1. The topological polar surface area (TPSA) is 92.0 Å². The summed E-state index contributed by atoms with van der Waals surface area (Å²) >= 11 is 0. The molecule has 0 amide bonds. The SMILES string of the molecule is Cc1cc(C)[nH]n1.Nc1ccc(C(=O)O)cc1. The molecule has 0 aliphatic heterocycles. The van der Waals surface area contributed by atoms with Crippen molar-refractivity contribution in [1.82, 2.24) is 10.2 Å². The number of aromatic carboxylic acids is 1. The summed E-state index contributed by atoms with van der Waals surface area (Å²) in [7, 11) is 0. The van der Waals surface area contributed by atoms with Crippen LogP contribution in [0, 0.1) is 13.8 Å². The van der Waals surface area contributed by atoms with Crippen LogP contribution >= 0.6 is 0 Å². The average Bonchev–Trinajstić information content (AvgIpc) is 2.64. The van der Waals surface area contributed by atoms with Gasteiger partial charge >= 0.3 is 5.97 Å². The monoisotopic (exact) mass is 233 g/mol. The number of nitrogen functional groups attached to an aromatic ring is 1. The summed E-state index contributed by atoms with van der Waals surface area (Å²) < 4.78 is 0. The van der Waals surface area contributed by atoms with Crippen LogP contribution in [0.4, 0.5) is 5.69 Å². The zero-order chi connectivity index (χ0) is 12.8. The summed E-state index contributed by atoms with van der Waals surface area (Å²) in [6, 6.07) is 8.06. The van der Waals surface area contributed by atoms with Crippen LogP contribution in [0.15, 0.2) is 30.3 Å². The number of benzene rings is 1. The van der Waals surface area contributed by atoms with E-state index >= 15 is 0 Å². The predicted molar refractivity (Wildman–Crippen MR) is 65.9 cm³/mol. The molecular formula is C12H15N3O2. The van der Waals surface area contributed by atoms with Crippen molar-refractivity contribution in [2.75, 3.05) is 5.73 Å². The second kappa shape index (κ2) is 5.69. The van der Waals surface area contributed by atoms with Crippen LogP contribution in [0.5, 0.6) is 0 Å². The van der Waals surface area contributed by atoms with Crippen LogP contribution in [-0.4, -0.2) is 21.3 Å². The molecule has 0 bridgehead atoms. The Balaban J connectivity index is 0.000000181. The first-order valence-corrected chi connectivity index (χ1v) is 5.06. The lowest BCUT2D eigenvalue weighted by atomic mass is 10.2. The van der Waals surface area contributed by atoms with Crippen molar-refractivity contribution in [2.45, 2.75) is 13.8 Å². The van der Waals surface area contributed by atoms with E-state index in [2.05, 4.69) is 10.2 Å². The largest absolute Gasteiger partial charge is 0.478 e. The van der Waals surface area contributed by atoms with Crippen molar-refractivity contribution in [3.8, 4) is 0 Å². The van der Waals surface area contributed by atoms with Crippen LogP contribution in [0.3, 0.4) is 0 Å². The van der Waals surface area contributed by atoms with Crippen LogP contribution < -0.4 is 5.73 Å². The summed E-state index contributed by atoms with van der Waals surface area (Å²) in [5.41, 5.74) is 8.34. The molecule has 0 spiro atoms. The number of aryl methyl sites for hydroxylation is 2. The van der Waals surface area contributed by atoms with Crippen LogP contribution in [0.25, 0.3) is 0 Å². The molecule has 0 aliphatic carbocycles. The van der Waals surface area contributed by atoms with Crippen molar-refractivity contribution >= 4 is 11.7 Å². The quantitative estimate of drug-likeness (QED) is 0.657. The number of carboxylic acid groups (broad SMARTS) is 1. The molecule has 17 heavy (non-hydrogen) atoms. The zero-order valence-electron chi connectivity index (χ0n) is 9.77. The fourth-order valence-electron chi connectivity index (χ4n) is 1.18. The van der Waals surface area contributed by atoms with Crippen molar-refractivity contribution in [1.29, 1.82) is 0 Å². The average molecular weight is 233 g/mol. The van der Waals surface area contributed by atoms with E-state index in [1.165, 1.54) is 12.1 Å². The molecule has 1 heterocycles. The molecule has 0 saturated heterocycles. The van der Waals surface area contributed by atoms with Crippen LogP contribution in [-0.2, 0) is 0 Å². The molecule has 0 unspecified atom stereocenters. The van der Waals surface area contributed by atoms with E-state index in [-0.39, 0.29) is 5.56 Å². The Bertz CT molecular complexity index is 472. The lowest BCUT2D eigenvalue weighted by Crippen LogP contribution is -1.95. The Morgan fingerprint density at radius 1 is 1.29 bits per heavy atom. The Hall–Kier alpha value is -2.30. The molecule has 2 aromatic rings. The third-order valence-electron chi connectivity index (χ3n) is 1.99. The Morgan fingerprint density at radius 3 is 2.18 bits per heavy atom. The smallest absolute Gasteiger partial charge is 0.335 e. The van der Waals surface area contributed by atoms with Gasteiger partial charge in [0, 0.05) is 11.4 Å². The van der Waals surface area contributed by atoms with Gasteiger partial charge in [-0.25, -0.2) is 4.79 Å². The third-order valence-corrected chi connectivity index (χ3v) is 1.99. The Morgan fingerprint density at radius 2 is 1.88 bits per heavy atom. The van der Waals surface area contributed by atoms with E-state index in [9.17, 15) is 4.79 Å². The number of anilines is 1. The van der Waals surface area contributed by atoms with Gasteiger partial charge in [-0.3, -0.25) is 5.10 Å². The number of hydrogen-bond acceptors (Lipinski definition) is 3. The van der Waals surface area contributed by atoms with E-state index < -0.39 is 5.97 Å². The molecule has 5 nitrogen and oxygen atoms in total. The molecule has 1 aromatic heterocycles. The lowest BCUT2D eigenvalue weighted by molar-refractivity contribution is 0.0697. The summed E-state index contributed by atoms with van der Waals surface area (Å²) in [5, 5.41) is 15.1. The maximum absolute atomic E-state index is 10.3. The maximum Gasteiger partial charge on any atom is 0.335 e. The van der Waals surface area contributed by atoms with E-state index in [0.717, 1.165) is 11.4 Å². The molecule has 0 aliphatic rings. The van der Waals surface area contributed by atoms with Gasteiger partial charge < -0.3 is 10.8 Å². The third kappa shape index (κ3) is 4.38. The highest BCUT2D eigenvalue weighted by Crippen LogP contribution is 2.04. The van der Waals surface area contributed by atoms with Gasteiger partial charge in [0.2, 0.25) is 0 Å². The lowest BCUT2D eigenvalue weighted by Gasteiger charge is -1.93. The molecule has 90 valence electrons. The van der Waals surface area contributed by atoms with Crippen molar-refractivity contribution < 1.29 is 9.90 Å². The van der Waals surface area contributed by atoms with Gasteiger partial charge in [-0.1, -0.05) is 0 Å². The van der Waals surface area contributed by atoms with E-state index in [1.807, 2.05) is 19.9 Å². The number of rotatable bonds is 1. The molecule has 2 rings (SSSR count). The van der Waals surface area contributed by atoms with Crippen LogP contribution in [0.2, 0.25) is 0 Å². The molecule has 0 saturated carbocycles. The van der Waals surface area contributed by atoms with E-state index in [1.54, 1.807) is 12.1 Å². The minimum Gasteiger partial charge on any atom is -0.478 e. The summed E-state index contributed by atoms with van der Waals surface area (Å²) in [6.45, 7) is 3.95. The number of carbonyl (C=O) groups is 1. The minimum absolute atomic E-state index is 0.259. The first-order valence-electron chi connectivity index (χ1n) is 5.06. The molecular weight excluding hydrogens is 218 g/mol. The summed E-state index contributed by atoms with van der Waals surface area (Å²) in [6.07, 6.45) is 0. The highest BCUT2D eigenvalue weighted by molar-refractivity contribution is 5.87. The molecule has 4 N–H and O–H groups in total. The zero-order valence-corrected chi connectivity index (χ0v) is 9.77. The number of nitrogens with zero attached hydrogens (tertiary/aromatic N) is 1. The first-order chi connectivity index (χ1) is 7.99. The van der Waals surface area contributed by atoms with E-state index in [0.29, 0.717) is 5.69 Å². The minimum atomic E-state index is -0.931. The number of carboxylic acids is 1. The molecule has 1 aromatic carbocycles. The van der Waals surface area contributed by atoms with Gasteiger partial charge in [0.25, 0.3) is 0 Å². The molecule has 5 heteroatoms. The van der Waals surface area contributed by atoms with Gasteiger partial charge in [0.1, 0.15) is 0 Å². The van der Waals surface area contributed by atoms with Gasteiger partial charge in [-0.05, 0) is 44.2 Å². The number of nitrogens with one attached hydrogen (secondary N) is 1. The number of nitrogens with two attached hydrogens (primary N) is 1. The standard InChI is InChI=1S/C7H7NO2.C5H8N2/c8-6-3-1-5(2-4-6)7(9)10;1-4-3-5(2)7-6-4/h1-4H,8H2,(H,9,10);3H,1-2H3,(H,6,7). The Kier molecular flexibility index (Phi) is 4.28. The van der Waals surface area contributed by atoms with Gasteiger partial charge in [-0.2, -0.15) is 5.10 Å². The highest BCUT2D eigenvalue weighted by atomic mass is 16.4. The van der Waals surface area contributed by atoms with Gasteiger partial charge in [-0.15, -0.1) is 0 Å². The van der Waals surface area contributed by atoms with E-state index in [4.69, 9.17) is 10.8 Å². The molecule has 0 fully saturated rings. The number of aromatic nitrogens is 2. The van der Waals surface area contributed by atoms with Crippen LogP contribution in [0.1, 0.15) is 21.7 Å². The summed E-state index contributed by atoms with van der Waals surface area (Å²) in [5.74, 6) is -0.931. The van der Waals surface area contributed by atoms with Crippen molar-refractivity contribution in [2.24, 2.45) is 0 Å². The molecule has 0 atom stereocenters. The fourth-order valence-corrected chi connectivity index (χ4v) is 1.18.